The monoisotopic (exact) mass is 451 g/mol. The lowest BCUT2D eigenvalue weighted by Gasteiger charge is -2.32. The van der Waals surface area contributed by atoms with E-state index in [1.807, 2.05) is 48.5 Å². The first-order valence-corrected chi connectivity index (χ1v) is 10.9. The maximum atomic E-state index is 12.9. The zero-order chi connectivity index (χ0) is 24.0. The summed E-state index contributed by atoms with van der Waals surface area (Å²) in [5.41, 5.74) is 3.51. The van der Waals surface area contributed by atoms with Gasteiger partial charge in [-0.25, -0.2) is 4.79 Å². The number of benzene rings is 2. The molecule has 0 radical (unpaired) electrons. The van der Waals surface area contributed by atoms with E-state index in [-0.39, 0.29) is 31.2 Å². The molecule has 1 aromatic heterocycles. The summed E-state index contributed by atoms with van der Waals surface area (Å²) in [5.74, 6) is -1.10. The highest BCUT2D eigenvalue weighted by atomic mass is 16.4. The van der Waals surface area contributed by atoms with Crippen molar-refractivity contribution in [1.29, 1.82) is 0 Å². The van der Waals surface area contributed by atoms with Gasteiger partial charge in [0, 0.05) is 18.5 Å². The predicted octanol–water partition coefficient (Wildman–Crippen LogP) is 3.13. The van der Waals surface area contributed by atoms with E-state index >= 15 is 0 Å². The summed E-state index contributed by atoms with van der Waals surface area (Å²) < 4.78 is 0. The number of nitrogens with zero attached hydrogens (tertiary/aromatic N) is 4. The van der Waals surface area contributed by atoms with Gasteiger partial charge in [0.2, 0.25) is 11.7 Å². The molecule has 3 N–H and O–H groups in total. The second-order valence-corrected chi connectivity index (χ2v) is 8.41. The van der Waals surface area contributed by atoms with Crippen LogP contribution in [0.1, 0.15) is 39.2 Å². The highest BCUT2D eigenvalue weighted by Gasteiger charge is 2.32. The molecule has 174 valence electrons. The van der Waals surface area contributed by atoms with E-state index in [1.165, 1.54) is 4.90 Å². The van der Waals surface area contributed by atoms with Crippen LogP contribution in [0.4, 0.5) is 0 Å². The Morgan fingerprint density at radius 3 is 2.24 bits per heavy atom. The first-order chi connectivity index (χ1) is 15.8. The van der Waals surface area contributed by atoms with Crippen LogP contribution < -0.4 is 0 Å². The number of aromatic amines is 1. The lowest BCUT2D eigenvalue weighted by atomic mass is 9.97. The summed E-state index contributed by atoms with van der Waals surface area (Å²) in [7, 11) is 0. The summed E-state index contributed by atoms with van der Waals surface area (Å²) in [6, 6.07) is 14.4. The molecule has 9 nitrogen and oxygen atoms in total. The predicted molar refractivity (Wildman–Crippen MR) is 123 cm³/mol. The normalized spacial score (nSPS) is 13.0. The molecule has 9 heteroatoms. The first-order valence-electron chi connectivity index (χ1n) is 10.9. The Kier molecular flexibility index (Phi) is 7.89. The summed E-state index contributed by atoms with van der Waals surface area (Å²) in [4.78, 5) is 26.2. The van der Waals surface area contributed by atoms with Crippen molar-refractivity contribution in [1.82, 2.24) is 25.5 Å². The van der Waals surface area contributed by atoms with E-state index in [0.717, 1.165) is 22.3 Å². The molecular formula is C24H29N5O4. The number of aliphatic hydroxyl groups excluding tert-OH is 1. The number of H-pyrrole nitrogens is 1. The molecule has 0 bridgehead atoms. The van der Waals surface area contributed by atoms with Crippen molar-refractivity contribution in [3.63, 3.8) is 0 Å². The third-order valence-corrected chi connectivity index (χ3v) is 5.45. The number of rotatable bonds is 10. The Labute approximate surface area is 192 Å². The lowest BCUT2D eigenvalue weighted by molar-refractivity contribution is -0.153. The van der Waals surface area contributed by atoms with E-state index < -0.39 is 18.1 Å². The largest absolute Gasteiger partial charge is 0.480 e. The SMILES string of the molecule is CC(C)[C@@H](C(=O)O)N(Cc1ccc(-c2ccccc2-c2nn[nH]n2)cc1)C(=O)CC[C@@H](C)O. The van der Waals surface area contributed by atoms with Gasteiger partial charge in [0.05, 0.1) is 6.10 Å². The van der Waals surface area contributed by atoms with Gasteiger partial charge in [-0.1, -0.05) is 62.4 Å². The number of hydrogen-bond acceptors (Lipinski definition) is 6. The quantitative estimate of drug-likeness (QED) is 0.431. The number of amides is 1. The number of aromatic nitrogens is 4. The van der Waals surface area contributed by atoms with Gasteiger partial charge in [-0.05, 0) is 41.2 Å². The number of carboxylic acids is 1. The number of tetrazole rings is 1. The minimum atomic E-state index is -1.04. The van der Waals surface area contributed by atoms with E-state index in [4.69, 9.17) is 0 Å². The molecule has 2 atom stereocenters. The Balaban J connectivity index is 1.87. The van der Waals surface area contributed by atoms with E-state index in [1.54, 1.807) is 20.8 Å². The molecule has 3 rings (SSSR count). The van der Waals surface area contributed by atoms with Gasteiger partial charge in [0.1, 0.15) is 6.04 Å². The number of aliphatic carboxylic acids is 1. The smallest absolute Gasteiger partial charge is 0.326 e. The number of aliphatic hydroxyl groups is 1. The van der Waals surface area contributed by atoms with Crippen molar-refractivity contribution in [2.45, 2.75) is 52.3 Å². The van der Waals surface area contributed by atoms with Gasteiger partial charge in [-0.15, -0.1) is 10.2 Å². The van der Waals surface area contributed by atoms with Crippen LogP contribution in [0.15, 0.2) is 48.5 Å². The van der Waals surface area contributed by atoms with Crippen LogP contribution in [0, 0.1) is 5.92 Å². The molecule has 0 spiro atoms. The number of carbonyl (C=O) groups excluding carboxylic acids is 1. The summed E-state index contributed by atoms with van der Waals surface area (Å²) in [6.45, 7) is 5.35. The Morgan fingerprint density at radius 2 is 1.70 bits per heavy atom. The van der Waals surface area contributed by atoms with Gasteiger partial charge in [0.25, 0.3) is 0 Å². The Bertz CT molecular complexity index is 1060. The highest BCUT2D eigenvalue weighted by Crippen LogP contribution is 2.30. The average Bonchev–Trinajstić information content (AvgIpc) is 3.32. The molecule has 0 fully saturated rings. The van der Waals surface area contributed by atoms with Crippen LogP contribution in [0.2, 0.25) is 0 Å². The van der Waals surface area contributed by atoms with Crippen LogP contribution in [-0.4, -0.2) is 59.8 Å². The van der Waals surface area contributed by atoms with Crippen LogP contribution in [0.5, 0.6) is 0 Å². The molecule has 0 unspecified atom stereocenters. The summed E-state index contributed by atoms with van der Waals surface area (Å²) in [5, 5.41) is 33.6. The average molecular weight is 452 g/mol. The molecule has 1 amide bonds. The van der Waals surface area contributed by atoms with Gasteiger partial charge >= 0.3 is 5.97 Å². The van der Waals surface area contributed by atoms with E-state index in [2.05, 4.69) is 20.6 Å². The lowest BCUT2D eigenvalue weighted by Crippen LogP contribution is -2.47. The van der Waals surface area contributed by atoms with Crippen LogP contribution >= 0.6 is 0 Å². The number of hydrogen-bond donors (Lipinski definition) is 3. The molecular weight excluding hydrogens is 422 g/mol. The number of nitrogens with one attached hydrogen (secondary N) is 1. The van der Waals surface area contributed by atoms with Gasteiger partial charge in [-0.3, -0.25) is 4.79 Å². The minimum Gasteiger partial charge on any atom is -0.480 e. The standard InChI is InChI=1S/C24H29N5O4/c1-15(2)22(24(32)33)29(21(31)13-8-16(3)30)14-17-9-11-18(12-10-17)19-6-4-5-7-20(19)23-25-27-28-26-23/h4-7,9-12,15-16,22,30H,8,13-14H2,1-3H3,(H,32,33)(H,25,26,27,28)/t16-,22+/m1/s1. The van der Waals surface area contributed by atoms with Gasteiger partial charge < -0.3 is 15.1 Å². The topological polar surface area (TPSA) is 132 Å². The fourth-order valence-electron chi connectivity index (χ4n) is 3.79. The summed E-state index contributed by atoms with van der Waals surface area (Å²) >= 11 is 0. The van der Waals surface area contributed by atoms with E-state index in [0.29, 0.717) is 5.82 Å². The Hall–Kier alpha value is -3.59. The van der Waals surface area contributed by atoms with Crippen molar-refractivity contribution in [2.75, 3.05) is 0 Å². The minimum absolute atomic E-state index is 0.0876. The van der Waals surface area contributed by atoms with Gasteiger partial charge in [0.15, 0.2) is 0 Å². The number of carboxylic acid groups (broad SMARTS) is 1. The van der Waals surface area contributed by atoms with Gasteiger partial charge in [-0.2, -0.15) is 5.21 Å². The third-order valence-electron chi connectivity index (χ3n) is 5.45. The third kappa shape index (κ3) is 6.01. The molecule has 0 aliphatic rings. The molecule has 0 aliphatic carbocycles. The van der Waals surface area contributed by atoms with Crippen molar-refractivity contribution in [3.8, 4) is 22.5 Å². The molecule has 0 saturated heterocycles. The zero-order valence-electron chi connectivity index (χ0n) is 19.0. The van der Waals surface area contributed by atoms with E-state index in [9.17, 15) is 19.8 Å². The fraction of sp³-hybridized carbons (Fsp3) is 0.375. The highest BCUT2D eigenvalue weighted by molar-refractivity contribution is 5.84. The molecule has 0 aliphatic heterocycles. The number of carbonyl (C=O) groups is 2. The second kappa shape index (κ2) is 10.8. The molecule has 2 aromatic carbocycles. The Morgan fingerprint density at radius 1 is 1.03 bits per heavy atom. The summed E-state index contributed by atoms with van der Waals surface area (Å²) in [6.07, 6.45) is -0.257. The van der Waals surface area contributed by atoms with Crippen molar-refractivity contribution < 1.29 is 19.8 Å². The molecule has 33 heavy (non-hydrogen) atoms. The second-order valence-electron chi connectivity index (χ2n) is 8.41. The molecule has 1 heterocycles. The van der Waals surface area contributed by atoms with Crippen LogP contribution in [0.25, 0.3) is 22.5 Å². The molecule has 0 saturated carbocycles. The van der Waals surface area contributed by atoms with Crippen LogP contribution in [0.3, 0.4) is 0 Å². The maximum Gasteiger partial charge on any atom is 0.326 e. The first kappa shape index (κ1) is 24.1. The van der Waals surface area contributed by atoms with Crippen molar-refractivity contribution >= 4 is 11.9 Å². The maximum absolute atomic E-state index is 12.9. The zero-order valence-corrected chi connectivity index (χ0v) is 19.0. The molecule has 3 aromatic rings. The fourth-order valence-corrected chi connectivity index (χ4v) is 3.79. The van der Waals surface area contributed by atoms with Crippen LogP contribution in [-0.2, 0) is 16.1 Å². The van der Waals surface area contributed by atoms with Crippen molar-refractivity contribution in [2.24, 2.45) is 5.92 Å². The van der Waals surface area contributed by atoms with Crippen molar-refractivity contribution in [3.05, 3.63) is 54.1 Å².